The first-order valence-corrected chi connectivity index (χ1v) is 11.0. The highest BCUT2D eigenvalue weighted by Gasteiger charge is 2.15. The van der Waals surface area contributed by atoms with E-state index in [-0.39, 0.29) is 0 Å². The molecule has 0 fully saturated rings. The van der Waals surface area contributed by atoms with Gasteiger partial charge in [-0.15, -0.1) is 11.6 Å². The lowest BCUT2D eigenvalue weighted by Crippen LogP contribution is -1.98. The van der Waals surface area contributed by atoms with Crippen molar-refractivity contribution in [3.05, 3.63) is 113 Å². The largest absolute Gasteiger partial charge is 0.256 e. The van der Waals surface area contributed by atoms with Gasteiger partial charge in [-0.3, -0.25) is 4.98 Å². The van der Waals surface area contributed by atoms with Crippen molar-refractivity contribution in [2.24, 2.45) is 0 Å². The molecule has 0 aliphatic heterocycles. The van der Waals surface area contributed by atoms with Crippen molar-refractivity contribution in [2.45, 2.75) is 19.3 Å². The first-order valence-electron chi connectivity index (χ1n) is 10.5. The van der Waals surface area contributed by atoms with E-state index in [4.69, 9.17) is 16.6 Å². The van der Waals surface area contributed by atoms with E-state index >= 15 is 0 Å². The van der Waals surface area contributed by atoms with Gasteiger partial charge < -0.3 is 0 Å². The maximum Gasteiger partial charge on any atom is 0.0991 e. The predicted octanol–water partition coefficient (Wildman–Crippen LogP) is 7.47. The molecule has 0 atom stereocenters. The minimum absolute atomic E-state index is 0.656. The topological polar surface area (TPSA) is 36.7 Å². The molecule has 0 aliphatic rings. The first kappa shape index (κ1) is 20.8. The molecule has 0 unspecified atom stereocenters. The Kier molecular flexibility index (Phi) is 6.77. The summed E-state index contributed by atoms with van der Waals surface area (Å²) in [4.78, 5) is 4.73. The van der Waals surface area contributed by atoms with Gasteiger partial charge in [0.25, 0.3) is 0 Å². The Balaban J connectivity index is 1.96. The van der Waals surface area contributed by atoms with Crippen molar-refractivity contribution < 1.29 is 0 Å². The molecule has 0 bridgehead atoms. The van der Waals surface area contributed by atoms with Crippen LogP contribution < -0.4 is 0 Å². The fraction of sp³-hybridized carbons (Fsp3) is 0.143. The van der Waals surface area contributed by atoms with Crippen LogP contribution >= 0.6 is 11.6 Å². The van der Waals surface area contributed by atoms with Crippen molar-refractivity contribution >= 4 is 33.7 Å². The number of alkyl halides is 1. The minimum atomic E-state index is 0.656. The molecule has 2 nitrogen and oxygen atoms in total. The number of benzene rings is 3. The molecule has 0 saturated carbocycles. The van der Waals surface area contributed by atoms with Gasteiger partial charge in [0, 0.05) is 23.0 Å². The Bertz CT molecular complexity index is 1240. The number of nitrogens with zero attached hydrogens (tertiary/aromatic N) is 2. The van der Waals surface area contributed by atoms with Crippen LogP contribution in [0, 0.1) is 11.3 Å². The zero-order valence-corrected chi connectivity index (χ0v) is 18.0. The van der Waals surface area contributed by atoms with Crippen LogP contribution in [0.5, 0.6) is 0 Å². The van der Waals surface area contributed by atoms with E-state index < -0.39 is 0 Å². The summed E-state index contributed by atoms with van der Waals surface area (Å²) in [5.41, 5.74) is 7.42. The highest BCUT2D eigenvalue weighted by atomic mass is 35.5. The van der Waals surface area contributed by atoms with E-state index in [1.54, 1.807) is 0 Å². The van der Waals surface area contributed by atoms with Crippen molar-refractivity contribution in [1.82, 2.24) is 4.98 Å². The third-order valence-electron chi connectivity index (χ3n) is 5.42. The minimum Gasteiger partial charge on any atom is -0.256 e. The van der Waals surface area contributed by atoms with Crippen LogP contribution in [0.3, 0.4) is 0 Å². The molecule has 0 amide bonds. The maximum atomic E-state index is 9.25. The highest BCUT2D eigenvalue weighted by molar-refractivity contribution is 6.17. The molecule has 152 valence electrons. The molecule has 0 saturated heterocycles. The summed E-state index contributed by atoms with van der Waals surface area (Å²) in [5.74, 6) is 0.659. The van der Waals surface area contributed by atoms with Gasteiger partial charge in [0.1, 0.15) is 0 Å². The molecule has 4 aromatic rings. The lowest BCUT2D eigenvalue weighted by molar-refractivity contribution is 0.830. The number of para-hydroxylation sites is 1. The summed E-state index contributed by atoms with van der Waals surface area (Å²) in [5, 5.41) is 10.4. The van der Waals surface area contributed by atoms with Gasteiger partial charge in [-0.05, 0) is 65.8 Å². The predicted molar refractivity (Wildman–Crippen MR) is 130 cm³/mol. The fourth-order valence-electron chi connectivity index (χ4n) is 3.88. The van der Waals surface area contributed by atoms with Crippen molar-refractivity contribution in [3.8, 4) is 6.07 Å². The van der Waals surface area contributed by atoms with Gasteiger partial charge in [0.05, 0.1) is 17.1 Å². The van der Waals surface area contributed by atoms with Crippen LogP contribution in [0.15, 0.2) is 91.1 Å². The van der Waals surface area contributed by atoms with Gasteiger partial charge in [-0.25, -0.2) is 0 Å². The smallest absolute Gasteiger partial charge is 0.0991 e. The number of hydrogen-bond donors (Lipinski definition) is 0. The normalized spacial score (nSPS) is 11.7. The van der Waals surface area contributed by atoms with Gasteiger partial charge in [-0.1, -0.05) is 60.7 Å². The Morgan fingerprint density at radius 1 is 0.806 bits per heavy atom. The number of fused-ring (bicyclic) bond motifs is 1. The molecule has 3 aromatic carbocycles. The van der Waals surface area contributed by atoms with Crippen molar-refractivity contribution in [1.29, 1.82) is 5.26 Å². The highest BCUT2D eigenvalue weighted by Crippen LogP contribution is 2.36. The lowest BCUT2D eigenvalue weighted by atomic mass is 9.87. The van der Waals surface area contributed by atoms with Crippen LogP contribution in [0.4, 0.5) is 0 Å². The Hall–Kier alpha value is -3.41. The average molecular weight is 423 g/mol. The quantitative estimate of drug-likeness (QED) is 0.176. The second-order valence-corrected chi connectivity index (χ2v) is 7.85. The van der Waals surface area contributed by atoms with E-state index in [0.29, 0.717) is 11.4 Å². The number of aromatic nitrogens is 1. The molecule has 1 heterocycles. The zero-order valence-electron chi connectivity index (χ0n) is 17.3. The second kappa shape index (κ2) is 10.1. The van der Waals surface area contributed by atoms with Crippen LogP contribution in [0.2, 0.25) is 0 Å². The van der Waals surface area contributed by atoms with Gasteiger partial charge in [0.2, 0.25) is 0 Å². The van der Waals surface area contributed by atoms with Crippen LogP contribution in [-0.4, -0.2) is 10.9 Å². The monoisotopic (exact) mass is 422 g/mol. The average Bonchev–Trinajstić information content (AvgIpc) is 2.84. The Morgan fingerprint density at radius 2 is 1.55 bits per heavy atom. The molecular weight excluding hydrogens is 400 g/mol. The third-order valence-corrected chi connectivity index (χ3v) is 5.68. The zero-order chi connectivity index (χ0) is 21.5. The van der Waals surface area contributed by atoms with Gasteiger partial charge in [-0.2, -0.15) is 5.26 Å². The first-order chi connectivity index (χ1) is 15.3. The third kappa shape index (κ3) is 4.85. The molecule has 0 radical (unpaired) electrons. The molecule has 3 heteroatoms. The van der Waals surface area contributed by atoms with Crippen LogP contribution in [0.1, 0.15) is 41.5 Å². The molecule has 0 N–H and O–H groups in total. The second-order valence-electron chi connectivity index (χ2n) is 7.47. The van der Waals surface area contributed by atoms with E-state index in [9.17, 15) is 5.26 Å². The van der Waals surface area contributed by atoms with E-state index in [1.807, 2.05) is 54.7 Å². The summed E-state index contributed by atoms with van der Waals surface area (Å²) < 4.78 is 0. The number of rotatable bonds is 7. The summed E-state index contributed by atoms with van der Waals surface area (Å²) in [6.07, 6.45) is 4.85. The van der Waals surface area contributed by atoms with Gasteiger partial charge >= 0.3 is 0 Å². The summed E-state index contributed by atoms with van der Waals surface area (Å²) >= 11 is 5.99. The van der Waals surface area contributed by atoms with Gasteiger partial charge in [0.15, 0.2) is 0 Å². The number of hydrogen-bond acceptors (Lipinski definition) is 2. The number of halogens is 1. The molecule has 0 spiro atoms. The molecule has 0 aliphatic carbocycles. The fourth-order valence-corrected chi connectivity index (χ4v) is 4.07. The van der Waals surface area contributed by atoms with Crippen molar-refractivity contribution in [2.75, 3.05) is 5.88 Å². The molecule has 31 heavy (non-hydrogen) atoms. The van der Waals surface area contributed by atoms with Crippen LogP contribution in [-0.2, 0) is 0 Å². The number of unbranched alkanes of at least 4 members (excludes halogenated alkanes) is 1. The number of nitriles is 1. The number of allylic oxidation sites excluding steroid dienone is 1. The van der Waals surface area contributed by atoms with E-state index in [0.717, 1.165) is 46.9 Å². The lowest BCUT2D eigenvalue weighted by Gasteiger charge is -2.18. The summed E-state index contributed by atoms with van der Waals surface area (Å²) in [7, 11) is 0. The summed E-state index contributed by atoms with van der Waals surface area (Å²) in [6.45, 7) is 0. The van der Waals surface area contributed by atoms with Crippen LogP contribution in [0.25, 0.3) is 22.0 Å². The van der Waals surface area contributed by atoms with E-state index in [2.05, 4.69) is 42.5 Å². The molecule has 1 aromatic heterocycles. The maximum absolute atomic E-state index is 9.25. The Labute approximate surface area is 188 Å². The van der Waals surface area contributed by atoms with Crippen molar-refractivity contribution in [3.63, 3.8) is 0 Å². The van der Waals surface area contributed by atoms with E-state index in [1.165, 1.54) is 11.1 Å². The summed E-state index contributed by atoms with van der Waals surface area (Å²) in [6, 6.07) is 30.9. The SMILES string of the molecule is N#Cc1ccc(/C(=C(\CCCCCl)c2ccccc2)c2cnc3ccccc3c2)cc1. The molecular formula is C28H23ClN2. The Morgan fingerprint density at radius 3 is 2.29 bits per heavy atom. The number of pyridine rings is 1. The molecule has 4 rings (SSSR count). The standard InChI is InChI=1S/C28H23ClN2/c29-17-7-6-11-26(22-8-2-1-3-9-22)28(23-15-13-21(19-30)14-16-23)25-18-24-10-4-5-12-27(24)31-20-25/h1-5,8-10,12-16,18,20H,6-7,11,17H2/b28-26-.